The number of aryl methyl sites for hydroxylation is 1. The van der Waals surface area contributed by atoms with E-state index in [4.69, 9.17) is 5.11 Å². The van der Waals surface area contributed by atoms with Gasteiger partial charge in [0.15, 0.2) is 0 Å². The molecule has 2 rings (SSSR count). The maximum atomic E-state index is 12.1. The summed E-state index contributed by atoms with van der Waals surface area (Å²) in [6.45, 7) is 1.74. The molecule has 0 aliphatic heterocycles. The summed E-state index contributed by atoms with van der Waals surface area (Å²) in [6, 6.07) is 4.69. The minimum absolute atomic E-state index is 0.0558. The van der Waals surface area contributed by atoms with E-state index < -0.39 is 21.4 Å². The van der Waals surface area contributed by atoms with Crippen LogP contribution in [0.2, 0.25) is 0 Å². The number of hydrogen-bond donors (Lipinski definition) is 2. The summed E-state index contributed by atoms with van der Waals surface area (Å²) in [5, 5.41) is 9.01. The summed E-state index contributed by atoms with van der Waals surface area (Å²) in [5.41, 5.74) is -0.0976. The number of nitrogens with one attached hydrogen (secondary N) is 1. The summed E-state index contributed by atoms with van der Waals surface area (Å²) < 4.78 is 27.4. The van der Waals surface area contributed by atoms with E-state index in [1.165, 1.54) is 6.07 Å². The molecule has 0 radical (unpaired) electrons. The van der Waals surface area contributed by atoms with Crippen molar-refractivity contribution in [3.05, 3.63) is 28.2 Å². The summed E-state index contributed by atoms with van der Waals surface area (Å²) >= 11 is 3.30. The largest absolute Gasteiger partial charge is 0.481 e. The number of hydrogen-bond acceptors (Lipinski definition) is 3. The van der Waals surface area contributed by atoms with Crippen LogP contribution in [-0.4, -0.2) is 26.0 Å². The van der Waals surface area contributed by atoms with Gasteiger partial charge in [-0.05, 0) is 43.5 Å². The lowest BCUT2D eigenvalue weighted by atomic mass is 10.1. The van der Waals surface area contributed by atoms with Crippen molar-refractivity contribution in [3.8, 4) is 0 Å². The first-order valence-corrected chi connectivity index (χ1v) is 8.04. The Morgan fingerprint density at radius 2 is 2.11 bits per heavy atom. The highest BCUT2D eigenvalue weighted by Crippen LogP contribution is 2.45. The molecule has 2 N–H and O–H groups in total. The molecule has 1 fully saturated rings. The van der Waals surface area contributed by atoms with Gasteiger partial charge in [-0.15, -0.1) is 0 Å². The van der Waals surface area contributed by atoms with Crippen LogP contribution in [0.4, 0.5) is 0 Å². The van der Waals surface area contributed by atoms with Crippen molar-refractivity contribution >= 4 is 31.9 Å². The summed E-state index contributed by atoms with van der Waals surface area (Å²) in [7, 11) is -3.66. The van der Waals surface area contributed by atoms with E-state index in [1.54, 1.807) is 19.1 Å². The molecule has 0 atom stereocenters. The fraction of sp³-hybridized carbons (Fsp3) is 0.417. The summed E-state index contributed by atoms with van der Waals surface area (Å²) in [4.78, 5) is 11.1. The lowest BCUT2D eigenvalue weighted by Gasteiger charge is -2.12. The molecule has 0 amide bonds. The predicted molar refractivity (Wildman–Crippen MR) is 73.4 cm³/mol. The van der Waals surface area contributed by atoms with E-state index in [0.29, 0.717) is 12.8 Å². The van der Waals surface area contributed by atoms with E-state index in [9.17, 15) is 13.2 Å². The Bertz CT molecular complexity index is 623. The molecule has 0 heterocycles. The average molecular weight is 348 g/mol. The van der Waals surface area contributed by atoms with Crippen LogP contribution < -0.4 is 4.72 Å². The molecule has 19 heavy (non-hydrogen) atoms. The zero-order valence-corrected chi connectivity index (χ0v) is 12.7. The third-order valence-corrected chi connectivity index (χ3v) is 5.64. The zero-order valence-electron chi connectivity index (χ0n) is 10.3. The Kier molecular flexibility index (Phi) is 3.72. The number of halogens is 1. The second-order valence-corrected chi connectivity index (χ2v) is 7.44. The monoisotopic (exact) mass is 347 g/mol. The van der Waals surface area contributed by atoms with Gasteiger partial charge in [-0.25, -0.2) is 13.1 Å². The Morgan fingerprint density at radius 3 is 2.58 bits per heavy atom. The topological polar surface area (TPSA) is 83.5 Å². The second kappa shape index (κ2) is 4.88. The third-order valence-electron chi connectivity index (χ3n) is 3.35. The van der Waals surface area contributed by atoms with Crippen molar-refractivity contribution in [2.45, 2.75) is 24.7 Å². The first-order valence-electron chi connectivity index (χ1n) is 5.76. The second-order valence-electron chi connectivity index (χ2n) is 4.82. The van der Waals surface area contributed by atoms with Gasteiger partial charge in [0.05, 0.1) is 10.3 Å². The van der Waals surface area contributed by atoms with Gasteiger partial charge >= 0.3 is 5.97 Å². The Labute approximate surface area is 120 Å². The quantitative estimate of drug-likeness (QED) is 0.851. The van der Waals surface area contributed by atoms with Crippen molar-refractivity contribution < 1.29 is 18.3 Å². The van der Waals surface area contributed by atoms with Crippen LogP contribution in [0.15, 0.2) is 27.6 Å². The van der Waals surface area contributed by atoms with Gasteiger partial charge in [-0.2, -0.15) is 0 Å². The van der Waals surface area contributed by atoms with E-state index in [2.05, 4.69) is 20.7 Å². The first-order chi connectivity index (χ1) is 8.77. The summed E-state index contributed by atoms with van der Waals surface area (Å²) in [5.74, 6) is -0.942. The molecule has 7 heteroatoms. The number of carbonyl (C=O) groups is 1. The number of benzene rings is 1. The van der Waals surface area contributed by atoms with Crippen LogP contribution in [0.25, 0.3) is 0 Å². The zero-order chi connectivity index (χ0) is 14.3. The number of carboxylic acid groups (broad SMARTS) is 1. The lowest BCUT2D eigenvalue weighted by Crippen LogP contribution is -2.34. The van der Waals surface area contributed by atoms with Gasteiger partial charge in [0.25, 0.3) is 0 Å². The SMILES string of the molecule is Cc1cc(S(=O)(=O)NCC2(C(=O)O)CC2)ccc1Br. The molecule has 1 aromatic rings. The Balaban J connectivity index is 2.14. The molecule has 1 aliphatic rings. The van der Waals surface area contributed by atoms with Crippen molar-refractivity contribution in [2.24, 2.45) is 5.41 Å². The molecule has 1 aliphatic carbocycles. The molecular formula is C12H14BrNO4S. The van der Waals surface area contributed by atoms with Crippen LogP contribution in [0.3, 0.4) is 0 Å². The highest BCUT2D eigenvalue weighted by Gasteiger charge is 2.50. The minimum Gasteiger partial charge on any atom is -0.481 e. The first kappa shape index (κ1) is 14.5. The van der Waals surface area contributed by atoms with Gasteiger partial charge in [0.1, 0.15) is 0 Å². The molecule has 1 aromatic carbocycles. The third kappa shape index (κ3) is 2.98. The highest BCUT2D eigenvalue weighted by molar-refractivity contribution is 9.10. The fourth-order valence-electron chi connectivity index (χ4n) is 1.72. The van der Waals surface area contributed by atoms with E-state index in [-0.39, 0.29) is 11.4 Å². The molecule has 0 spiro atoms. The van der Waals surface area contributed by atoms with Crippen molar-refractivity contribution in [1.82, 2.24) is 4.72 Å². The molecule has 0 saturated heterocycles. The van der Waals surface area contributed by atoms with Crippen LogP contribution in [-0.2, 0) is 14.8 Å². The van der Waals surface area contributed by atoms with Gasteiger partial charge in [-0.3, -0.25) is 4.79 Å². The molecule has 0 aromatic heterocycles. The maximum Gasteiger partial charge on any atom is 0.310 e. The predicted octanol–water partition coefficient (Wildman–Crippen LogP) is 1.90. The standard InChI is InChI=1S/C12H14BrNO4S/c1-8-6-9(2-3-10(8)13)19(17,18)14-7-12(4-5-12)11(15)16/h2-3,6,14H,4-5,7H2,1H3,(H,15,16). The average Bonchev–Trinajstić information content (AvgIpc) is 3.11. The number of sulfonamides is 1. The molecule has 5 nitrogen and oxygen atoms in total. The molecular weight excluding hydrogens is 334 g/mol. The Morgan fingerprint density at radius 1 is 1.47 bits per heavy atom. The van der Waals surface area contributed by atoms with Gasteiger partial charge < -0.3 is 5.11 Å². The fourth-order valence-corrected chi connectivity index (χ4v) is 3.18. The number of carboxylic acids is 1. The molecule has 0 bridgehead atoms. The number of aliphatic carboxylic acids is 1. The normalized spacial score (nSPS) is 17.2. The van der Waals surface area contributed by atoms with Gasteiger partial charge in [0, 0.05) is 11.0 Å². The van der Waals surface area contributed by atoms with Gasteiger partial charge in [-0.1, -0.05) is 15.9 Å². The molecule has 104 valence electrons. The lowest BCUT2D eigenvalue weighted by molar-refractivity contribution is -0.143. The molecule has 0 unspecified atom stereocenters. The highest BCUT2D eigenvalue weighted by atomic mass is 79.9. The summed E-state index contributed by atoms with van der Waals surface area (Å²) in [6.07, 6.45) is 1.04. The van der Waals surface area contributed by atoms with E-state index >= 15 is 0 Å². The van der Waals surface area contributed by atoms with Crippen LogP contribution in [0.5, 0.6) is 0 Å². The Hall–Kier alpha value is -0.920. The van der Waals surface area contributed by atoms with E-state index in [1.807, 2.05) is 0 Å². The maximum absolute atomic E-state index is 12.1. The van der Waals surface area contributed by atoms with Crippen LogP contribution >= 0.6 is 15.9 Å². The smallest absolute Gasteiger partial charge is 0.310 e. The van der Waals surface area contributed by atoms with E-state index in [0.717, 1.165) is 10.0 Å². The minimum atomic E-state index is -3.66. The van der Waals surface area contributed by atoms with Gasteiger partial charge in [0.2, 0.25) is 10.0 Å². The number of rotatable bonds is 5. The van der Waals surface area contributed by atoms with Crippen LogP contribution in [0, 0.1) is 12.3 Å². The van der Waals surface area contributed by atoms with Crippen molar-refractivity contribution in [1.29, 1.82) is 0 Å². The van der Waals surface area contributed by atoms with Crippen molar-refractivity contribution in [3.63, 3.8) is 0 Å². The van der Waals surface area contributed by atoms with Crippen LogP contribution in [0.1, 0.15) is 18.4 Å². The van der Waals surface area contributed by atoms with Crippen molar-refractivity contribution in [2.75, 3.05) is 6.54 Å². The molecule has 1 saturated carbocycles.